The van der Waals surface area contributed by atoms with Crippen LogP contribution in [0.25, 0.3) is 5.69 Å². The Bertz CT molecular complexity index is 752. The zero-order valence-electron chi connectivity index (χ0n) is 14.2. The first-order valence-electron chi connectivity index (χ1n) is 8.60. The van der Waals surface area contributed by atoms with Crippen molar-refractivity contribution in [1.29, 1.82) is 0 Å². The summed E-state index contributed by atoms with van der Waals surface area (Å²) < 4.78 is 6.81. The van der Waals surface area contributed by atoms with Crippen LogP contribution in [0.5, 0.6) is 0 Å². The maximum atomic E-state index is 12.3. The fourth-order valence-electron chi connectivity index (χ4n) is 2.84. The number of hydrogen-bond acceptors (Lipinski definition) is 4. The molecule has 1 aliphatic rings. The molecule has 1 aromatic heterocycles. The lowest BCUT2D eigenvalue weighted by Crippen LogP contribution is -2.38. The average Bonchev–Trinajstić information content (AvgIpc) is 2.67. The van der Waals surface area contributed by atoms with E-state index in [2.05, 4.69) is 10.2 Å². The number of aromatic nitrogens is 1. The maximum absolute atomic E-state index is 12.3. The number of nitrogens with zero attached hydrogens (tertiary/aromatic N) is 2. The SMILES string of the molecule is O=C(NCCCN1CCOCC1)c1ccc(=O)n(-c2ccccc2)c1. The normalized spacial score (nSPS) is 15.0. The second kappa shape index (κ2) is 8.60. The van der Waals surface area contributed by atoms with E-state index in [1.807, 2.05) is 30.3 Å². The Morgan fingerprint density at radius 1 is 1.08 bits per heavy atom. The van der Waals surface area contributed by atoms with Crippen molar-refractivity contribution in [2.75, 3.05) is 39.4 Å². The van der Waals surface area contributed by atoms with Gasteiger partial charge in [-0.25, -0.2) is 0 Å². The molecular weight excluding hydrogens is 318 g/mol. The summed E-state index contributed by atoms with van der Waals surface area (Å²) in [6.45, 7) is 5.04. The van der Waals surface area contributed by atoms with Crippen molar-refractivity contribution >= 4 is 5.91 Å². The van der Waals surface area contributed by atoms with Gasteiger partial charge < -0.3 is 10.1 Å². The number of hydrogen-bond donors (Lipinski definition) is 1. The summed E-state index contributed by atoms with van der Waals surface area (Å²) in [5.74, 6) is -0.161. The number of carbonyl (C=O) groups is 1. The molecule has 1 aliphatic heterocycles. The molecule has 0 aliphatic carbocycles. The molecule has 1 amide bonds. The van der Waals surface area contributed by atoms with E-state index >= 15 is 0 Å². The van der Waals surface area contributed by atoms with Gasteiger partial charge in [0.15, 0.2) is 0 Å². The topological polar surface area (TPSA) is 63.6 Å². The van der Waals surface area contributed by atoms with Gasteiger partial charge in [0.05, 0.1) is 18.8 Å². The lowest BCUT2D eigenvalue weighted by Gasteiger charge is -2.26. The molecule has 0 atom stereocenters. The fraction of sp³-hybridized carbons (Fsp3) is 0.368. The van der Waals surface area contributed by atoms with Crippen molar-refractivity contribution < 1.29 is 9.53 Å². The van der Waals surface area contributed by atoms with Crippen LogP contribution in [0.1, 0.15) is 16.8 Å². The fourth-order valence-corrected chi connectivity index (χ4v) is 2.84. The molecule has 0 unspecified atom stereocenters. The van der Waals surface area contributed by atoms with Gasteiger partial charge >= 0.3 is 0 Å². The van der Waals surface area contributed by atoms with E-state index in [1.165, 1.54) is 10.6 Å². The molecule has 6 nitrogen and oxygen atoms in total. The van der Waals surface area contributed by atoms with Gasteiger partial charge in [-0.1, -0.05) is 18.2 Å². The minimum absolute atomic E-state index is 0.157. The third-order valence-electron chi connectivity index (χ3n) is 4.25. The van der Waals surface area contributed by atoms with Crippen molar-refractivity contribution in [3.8, 4) is 5.69 Å². The minimum atomic E-state index is -0.161. The quantitative estimate of drug-likeness (QED) is 0.804. The van der Waals surface area contributed by atoms with E-state index in [9.17, 15) is 9.59 Å². The van der Waals surface area contributed by atoms with Crippen LogP contribution in [0.4, 0.5) is 0 Å². The Kier molecular flexibility index (Phi) is 5.98. The molecule has 1 saturated heterocycles. The lowest BCUT2D eigenvalue weighted by molar-refractivity contribution is 0.0374. The molecule has 1 fully saturated rings. The Hall–Kier alpha value is -2.44. The second-order valence-electron chi connectivity index (χ2n) is 6.03. The first kappa shape index (κ1) is 17.4. The molecule has 1 N–H and O–H groups in total. The average molecular weight is 341 g/mol. The Labute approximate surface area is 147 Å². The zero-order valence-corrected chi connectivity index (χ0v) is 14.2. The summed E-state index contributed by atoms with van der Waals surface area (Å²) in [5, 5.41) is 2.92. The van der Waals surface area contributed by atoms with Crippen molar-refractivity contribution in [1.82, 2.24) is 14.8 Å². The third kappa shape index (κ3) is 4.78. The van der Waals surface area contributed by atoms with Crippen LogP contribution >= 0.6 is 0 Å². The number of benzene rings is 1. The highest BCUT2D eigenvalue weighted by atomic mass is 16.5. The molecule has 132 valence electrons. The predicted octanol–water partition coefficient (Wildman–Crippen LogP) is 1.29. The standard InChI is InChI=1S/C19H23N3O3/c23-18-8-7-16(15-22(18)17-5-2-1-3-6-17)19(24)20-9-4-10-21-11-13-25-14-12-21/h1-3,5-8,15H,4,9-14H2,(H,20,24). The molecular formula is C19H23N3O3. The highest BCUT2D eigenvalue weighted by Gasteiger charge is 2.11. The molecule has 25 heavy (non-hydrogen) atoms. The number of nitrogens with one attached hydrogen (secondary N) is 1. The number of pyridine rings is 1. The third-order valence-corrected chi connectivity index (χ3v) is 4.25. The van der Waals surface area contributed by atoms with E-state index in [4.69, 9.17) is 4.74 Å². The zero-order chi connectivity index (χ0) is 17.5. The molecule has 0 bridgehead atoms. The van der Waals surface area contributed by atoms with Crippen LogP contribution in [0.3, 0.4) is 0 Å². The van der Waals surface area contributed by atoms with Gasteiger partial charge in [0.1, 0.15) is 0 Å². The maximum Gasteiger partial charge on any atom is 0.255 e. The molecule has 2 heterocycles. The van der Waals surface area contributed by atoms with Crippen molar-refractivity contribution in [3.05, 3.63) is 64.6 Å². The summed E-state index contributed by atoms with van der Waals surface area (Å²) in [6, 6.07) is 12.3. The highest BCUT2D eigenvalue weighted by Crippen LogP contribution is 2.06. The summed E-state index contributed by atoms with van der Waals surface area (Å²) in [7, 11) is 0. The molecule has 3 rings (SSSR count). The second-order valence-corrected chi connectivity index (χ2v) is 6.03. The monoisotopic (exact) mass is 341 g/mol. The first-order chi connectivity index (χ1) is 12.2. The number of morpholine rings is 1. The van der Waals surface area contributed by atoms with E-state index in [0.717, 1.165) is 45.0 Å². The van der Waals surface area contributed by atoms with Gasteiger partial charge in [-0.05, 0) is 31.2 Å². The van der Waals surface area contributed by atoms with E-state index in [0.29, 0.717) is 12.1 Å². The van der Waals surface area contributed by atoms with Crippen LogP contribution < -0.4 is 10.9 Å². The Morgan fingerprint density at radius 3 is 2.60 bits per heavy atom. The van der Waals surface area contributed by atoms with Gasteiger partial charge in [0.25, 0.3) is 11.5 Å². The van der Waals surface area contributed by atoms with Gasteiger partial charge in [0.2, 0.25) is 0 Å². The number of carbonyl (C=O) groups excluding carboxylic acids is 1. The lowest BCUT2D eigenvalue weighted by atomic mass is 10.2. The minimum Gasteiger partial charge on any atom is -0.379 e. The van der Waals surface area contributed by atoms with E-state index < -0.39 is 0 Å². The molecule has 0 spiro atoms. The Morgan fingerprint density at radius 2 is 1.84 bits per heavy atom. The number of rotatable bonds is 6. The summed E-state index contributed by atoms with van der Waals surface area (Å²) >= 11 is 0. The molecule has 6 heteroatoms. The highest BCUT2D eigenvalue weighted by molar-refractivity contribution is 5.93. The largest absolute Gasteiger partial charge is 0.379 e. The van der Waals surface area contributed by atoms with Crippen molar-refractivity contribution in [3.63, 3.8) is 0 Å². The van der Waals surface area contributed by atoms with E-state index in [1.54, 1.807) is 12.3 Å². The van der Waals surface area contributed by atoms with E-state index in [-0.39, 0.29) is 11.5 Å². The van der Waals surface area contributed by atoms with Crippen LogP contribution in [-0.2, 0) is 4.74 Å². The van der Waals surface area contributed by atoms with Crippen LogP contribution in [0, 0.1) is 0 Å². The van der Waals surface area contributed by atoms with Crippen molar-refractivity contribution in [2.24, 2.45) is 0 Å². The van der Waals surface area contributed by atoms with Crippen LogP contribution in [0.15, 0.2) is 53.5 Å². The Balaban J connectivity index is 1.56. The first-order valence-corrected chi connectivity index (χ1v) is 8.60. The number of ether oxygens (including phenoxy) is 1. The molecule has 0 radical (unpaired) electrons. The van der Waals surface area contributed by atoms with Gasteiger partial charge in [0, 0.05) is 37.6 Å². The van der Waals surface area contributed by atoms with Crippen molar-refractivity contribution in [2.45, 2.75) is 6.42 Å². The molecule has 1 aromatic carbocycles. The summed E-state index contributed by atoms with van der Waals surface area (Å²) in [4.78, 5) is 26.7. The summed E-state index contributed by atoms with van der Waals surface area (Å²) in [5.41, 5.74) is 1.07. The smallest absolute Gasteiger partial charge is 0.255 e. The van der Waals surface area contributed by atoms with Gasteiger partial charge in [-0.15, -0.1) is 0 Å². The number of para-hydroxylation sites is 1. The molecule has 0 saturated carbocycles. The molecule has 2 aromatic rings. The van der Waals surface area contributed by atoms with Gasteiger partial charge in [-0.2, -0.15) is 0 Å². The van der Waals surface area contributed by atoms with Gasteiger partial charge in [-0.3, -0.25) is 19.1 Å². The number of amides is 1. The summed E-state index contributed by atoms with van der Waals surface area (Å²) in [6.07, 6.45) is 2.49. The van der Waals surface area contributed by atoms with Crippen LogP contribution in [0.2, 0.25) is 0 Å². The van der Waals surface area contributed by atoms with Crippen LogP contribution in [-0.4, -0.2) is 54.8 Å². The predicted molar refractivity (Wildman–Crippen MR) is 96.2 cm³/mol.